The van der Waals surface area contributed by atoms with Crippen molar-refractivity contribution >= 4 is 11.9 Å². The Hall–Kier alpha value is 0.381. The van der Waals surface area contributed by atoms with Gasteiger partial charge in [0.15, 0.2) is 0 Å². The second-order valence-electron chi connectivity index (χ2n) is 1.50. The molecule has 0 aliphatic carbocycles. The number of nitrogens with two attached hydrogens (primary N) is 1. The zero-order valence-electron chi connectivity index (χ0n) is 5.10. The van der Waals surface area contributed by atoms with Crippen LogP contribution >= 0.6 is 0 Å². The largest absolute Gasteiger partial charge is 1.00 e. The van der Waals surface area contributed by atoms with Crippen molar-refractivity contribution in [1.29, 1.82) is 0 Å². The molecule has 0 rings (SSSR count). The average molecular weight is 347 g/mol. The summed E-state index contributed by atoms with van der Waals surface area (Å²) in [6.45, 7) is 0. The Balaban J connectivity index is -0.000000320. The van der Waals surface area contributed by atoms with Crippen molar-refractivity contribution in [1.82, 2.24) is 0 Å². The standard InChI is InChI=1S/C4H7NO4.2Ag/c5-2(4(8)9)1-3(6)7;;/h2H,1,5H2,(H,6,7)(H,8,9);;/q;2*+1/p-2. The number of carboxylic acid groups (broad SMARTS) is 2. The van der Waals surface area contributed by atoms with Crippen molar-refractivity contribution in [3.63, 3.8) is 0 Å². The van der Waals surface area contributed by atoms with Crippen LogP contribution in [0.1, 0.15) is 6.42 Å². The van der Waals surface area contributed by atoms with E-state index in [2.05, 4.69) is 0 Å². The van der Waals surface area contributed by atoms with Crippen LogP contribution in [-0.2, 0) is 54.3 Å². The molecule has 0 saturated carbocycles. The first-order valence-electron chi connectivity index (χ1n) is 2.20. The minimum Gasteiger partial charge on any atom is -0.550 e. The molecule has 0 amide bonds. The molecular weight excluding hydrogens is 342 g/mol. The average Bonchev–Trinajstić information content (AvgIpc) is 1.63. The zero-order valence-corrected chi connectivity index (χ0v) is 8.06. The van der Waals surface area contributed by atoms with E-state index >= 15 is 0 Å². The van der Waals surface area contributed by atoms with E-state index in [0.717, 1.165) is 0 Å². The smallest absolute Gasteiger partial charge is 0.550 e. The molecule has 0 aliphatic rings. The van der Waals surface area contributed by atoms with Gasteiger partial charge < -0.3 is 25.5 Å². The molecule has 0 spiro atoms. The maximum Gasteiger partial charge on any atom is 1.00 e. The minimum absolute atomic E-state index is 0. The first-order valence-corrected chi connectivity index (χ1v) is 2.20. The number of hydrogen-bond acceptors (Lipinski definition) is 5. The first kappa shape index (κ1) is 17.5. The molecule has 0 aromatic carbocycles. The number of hydrogen-bond donors (Lipinski definition) is 1. The number of aliphatic carboxylic acids is 2. The van der Waals surface area contributed by atoms with Crippen molar-refractivity contribution < 1.29 is 64.6 Å². The Kier molecular flexibility index (Phi) is 13.5. The molecule has 0 aromatic heterocycles. The maximum atomic E-state index is 9.71. The van der Waals surface area contributed by atoms with Crippen molar-refractivity contribution in [3.8, 4) is 0 Å². The summed E-state index contributed by atoms with van der Waals surface area (Å²) in [5.74, 6) is -3.08. The van der Waals surface area contributed by atoms with E-state index in [-0.39, 0.29) is 44.8 Å². The third-order valence-electron chi connectivity index (χ3n) is 0.689. The van der Waals surface area contributed by atoms with Crippen LogP contribution in [0.15, 0.2) is 0 Å². The van der Waals surface area contributed by atoms with E-state index in [1.807, 2.05) is 0 Å². The first-order chi connectivity index (χ1) is 4.04. The van der Waals surface area contributed by atoms with E-state index in [9.17, 15) is 19.8 Å². The second-order valence-corrected chi connectivity index (χ2v) is 1.50. The van der Waals surface area contributed by atoms with Gasteiger partial charge in [-0.1, -0.05) is 0 Å². The number of carboxylic acids is 2. The topological polar surface area (TPSA) is 106 Å². The van der Waals surface area contributed by atoms with Gasteiger partial charge in [0.25, 0.3) is 0 Å². The van der Waals surface area contributed by atoms with Crippen LogP contribution in [0.25, 0.3) is 0 Å². The van der Waals surface area contributed by atoms with Gasteiger partial charge in [0.2, 0.25) is 0 Å². The van der Waals surface area contributed by atoms with Gasteiger partial charge in [-0.3, -0.25) is 0 Å². The summed E-state index contributed by atoms with van der Waals surface area (Å²) in [6.07, 6.45) is -0.706. The molecule has 0 bridgehead atoms. The summed E-state index contributed by atoms with van der Waals surface area (Å²) in [4.78, 5) is 19.3. The summed E-state index contributed by atoms with van der Waals surface area (Å²) < 4.78 is 0. The normalized spacial score (nSPS) is 10.3. The van der Waals surface area contributed by atoms with Crippen LogP contribution in [0.3, 0.4) is 0 Å². The van der Waals surface area contributed by atoms with Crippen LogP contribution in [0.4, 0.5) is 0 Å². The predicted molar refractivity (Wildman–Crippen MR) is 22.6 cm³/mol. The van der Waals surface area contributed by atoms with E-state index in [4.69, 9.17) is 5.73 Å². The molecule has 1 atom stereocenters. The Morgan fingerprint density at radius 2 is 1.64 bits per heavy atom. The minimum atomic E-state index is -1.58. The summed E-state index contributed by atoms with van der Waals surface area (Å²) >= 11 is 0. The van der Waals surface area contributed by atoms with Crippen LogP contribution in [0.2, 0.25) is 0 Å². The van der Waals surface area contributed by atoms with Crippen molar-refractivity contribution in [2.24, 2.45) is 5.73 Å². The molecule has 0 fully saturated rings. The fourth-order valence-electron chi connectivity index (χ4n) is 0.263. The van der Waals surface area contributed by atoms with Crippen LogP contribution in [-0.4, -0.2) is 18.0 Å². The number of carbonyl (C=O) groups is 2. The Morgan fingerprint density at radius 3 is 1.73 bits per heavy atom. The summed E-state index contributed by atoms with van der Waals surface area (Å²) in [6, 6.07) is -1.46. The van der Waals surface area contributed by atoms with Gasteiger partial charge in [-0.05, 0) is 0 Å². The third kappa shape index (κ3) is 10.4. The number of carbonyl (C=O) groups excluding carboxylic acids is 2. The van der Waals surface area contributed by atoms with Crippen LogP contribution in [0.5, 0.6) is 0 Å². The molecule has 7 heteroatoms. The Bertz CT molecular complexity index is 140. The van der Waals surface area contributed by atoms with Crippen LogP contribution in [0, 0.1) is 0 Å². The molecule has 0 aliphatic heterocycles. The second kappa shape index (κ2) is 8.48. The van der Waals surface area contributed by atoms with E-state index < -0.39 is 24.4 Å². The van der Waals surface area contributed by atoms with E-state index in [1.54, 1.807) is 0 Å². The van der Waals surface area contributed by atoms with E-state index in [0.29, 0.717) is 0 Å². The summed E-state index contributed by atoms with van der Waals surface area (Å²) in [5.41, 5.74) is 4.73. The quantitative estimate of drug-likeness (QED) is 0.527. The SMILES string of the molecule is NC(CC(=O)[O-])C(=O)[O-].[Ag+].[Ag+]. The van der Waals surface area contributed by atoms with Gasteiger partial charge in [0.1, 0.15) is 0 Å². The molecule has 1 unspecified atom stereocenters. The molecular formula is C4H5Ag2NO4. The molecule has 11 heavy (non-hydrogen) atoms. The van der Waals surface area contributed by atoms with Crippen molar-refractivity contribution in [2.45, 2.75) is 12.5 Å². The summed E-state index contributed by atoms with van der Waals surface area (Å²) in [5, 5.41) is 19.3. The van der Waals surface area contributed by atoms with Crippen LogP contribution < -0.4 is 15.9 Å². The zero-order chi connectivity index (χ0) is 7.44. The van der Waals surface area contributed by atoms with Gasteiger partial charge in [0, 0.05) is 18.4 Å². The van der Waals surface area contributed by atoms with Gasteiger partial charge in [-0.15, -0.1) is 0 Å². The van der Waals surface area contributed by atoms with Gasteiger partial charge >= 0.3 is 44.8 Å². The maximum absolute atomic E-state index is 9.71. The fraction of sp³-hybridized carbons (Fsp3) is 0.500. The predicted octanol–water partition coefficient (Wildman–Crippen LogP) is -3.80. The number of rotatable bonds is 3. The molecule has 0 radical (unpaired) electrons. The van der Waals surface area contributed by atoms with Crippen molar-refractivity contribution in [3.05, 3.63) is 0 Å². The monoisotopic (exact) mass is 345 g/mol. The van der Waals surface area contributed by atoms with Crippen molar-refractivity contribution in [2.75, 3.05) is 0 Å². The van der Waals surface area contributed by atoms with Gasteiger partial charge in [0.05, 0.1) is 5.97 Å². The fourth-order valence-corrected chi connectivity index (χ4v) is 0.263. The summed E-state index contributed by atoms with van der Waals surface area (Å²) in [7, 11) is 0. The molecule has 0 aromatic rings. The van der Waals surface area contributed by atoms with E-state index in [1.165, 1.54) is 0 Å². The molecule has 0 heterocycles. The molecule has 5 nitrogen and oxygen atoms in total. The van der Waals surface area contributed by atoms with Gasteiger partial charge in [-0.25, -0.2) is 0 Å². The Labute approximate surface area is 94.4 Å². The van der Waals surface area contributed by atoms with Gasteiger partial charge in [-0.2, -0.15) is 0 Å². The third-order valence-corrected chi connectivity index (χ3v) is 0.689. The molecule has 0 saturated heterocycles. The Morgan fingerprint density at radius 1 is 1.27 bits per heavy atom. The molecule has 2 N–H and O–H groups in total. The molecule has 72 valence electrons.